The molecule has 0 aromatic carbocycles. The number of hydrogen-bond donors (Lipinski definition) is 0. The second-order valence-electron chi connectivity index (χ2n) is 3.70. The molecule has 2 rings (SSSR count). The molecule has 2 aromatic heterocycles. The maximum atomic E-state index is 10.5. The first-order valence-electron chi connectivity index (χ1n) is 4.79. The zero-order valence-electron chi connectivity index (χ0n) is 8.68. The highest BCUT2D eigenvalue weighted by atomic mass is 32.1. The van der Waals surface area contributed by atoms with Gasteiger partial charge in [-0.3, -0.25) is 4.79 Å². The van der Waals surface area contributed by atoms with Crippen LogP contribution in [0.25, 0.3) is 5.69 Å². The van der Waals surface area contributed by atoms with Crippen molar-refractivity contribution >= 4 is 17.6 Å². The minimum atomic E-state index is 0.475. The topological polar surface area (TPSA) is 34.9 Å². The Morgan fingerprint density at radius 2 is 2.33 bits per heavy atom. The lowest BCUT2D eigenvalue weighted by molar-refractivity contribution is 0.112. The Bertz CT molecular complexity index is 470. The van der Waals surface area contributed by atoms with Gasteiger partial charge in [0.2, 0.25) is 0 Å². The van der Waals surface area contributed by atoms with Gasteiger partial charge in [-0.2, -0.15) is 5.10 Å². The van der Waals surface area contributed by atoms with Gasteiger partial charge in [0.05, 0.1) is 16.8 Å². The van der Waals surface area contributed by atoms with E-state index in [4.69, 9.17) is 0 Å². The van der Waals surface area contributed by atoms with E-state index in [9.17, 15) is 4.79 Å². The first-order valence-corrected chi connectivity index (χ1v) is 5.67. The van der Waals surface area contributed by atoms with Crippen LogP contribution in [0.1, 0.15) is 35.0 Å². The van der Waals surface area contributed by atoms with Crippen molar-refractivity contribution in [1.82, 2.24) is 9.78 Å². The Morgan fingerprint density at radius 1 is 1.53 bits per heavy atom. The van der Waals surface area contributed by atoms with Crippen LogP contribution in [-0.2, 0) is 0 Å². The summed E-state index contributed by atoms with van der Waals surface area (Å²) in [5.74, 6) is 0.475. The van der Waals surface area contributed by atoms with Gasteiger partial charge in [-0.05, 0) is 17.5 Å². The van der Waals surface area contributed by atoms with Crippen LogP contribution in [0, 0.1) is 0 Å². The molecule has 2 heterocycles. The smallest absolute Gasteiger partial charge is 0.160 e. The van der Waals surface area contributed by atoms with Gasteiger partial charge in [-0.1, -0.05) is 13.8 Å². The largest absolute Gasteiger partial charge is 0.297 e. The fraction of sp³-hybridized carbons (Fsp3) is 0.273. The van der Waals surface area contributed by atoms with Crippen LogP contribution < -0.4 is 0 Å². The van der Waals surface area contributed by atoms with Crippen molar-refractivity contribution in [1.29, 1.82) is 0 Å². The number of carbonyl (C=O) groups is 1. The highest BCUT2D eigenvalue weighted by Crippen LogP contribution is 2.19. The Morgan fingerprint density at radius 3 is 2.87 bits per heavy atom. The van der Waals surface area contributed by atoms with Crippen molar-refractivity contribution in [3.63, 3.8) is 0 Å². The van der Waals surface area contributed by atoms with Crippen molar-refractivity contribution in [3.8, 4) is 5.69 Å². The molecule has 0 aliphatic heterocycles. The van der Waals surface area contributed by atoms with E-state index in [0.717, 1.165) is 16.9 Å². The Labute approximate surface area is 92.4 Å². The summed E-state index contributed by atoms with van der Waals surface area (Å²) < 4.78 is 1.80. The molecule has 0 atom stereocenters. The lowest BCUT2D eigenvalue weighted by Gasteiger charge is -1.97. The third-order valence-electron chi connectivity index (χ3n) is 2.26. The molecule has 0 unspecified atom stereocenters. The highest BCUT2D eigenvalue weighted by Gasteiger charge is 2.05. The van der Waals surface area contributed by atoms with Crippen LogP contribution in [0.2, 0.25) is 0 Å². The van der Waals surface area contributed by atoms with E-state index in [1.807, 2.05) is 23.8 Å². The summed E-state index contributed by atoms with van der Waals surface area (Å²) in [6.45, 7) is 4.26. The molecule has 3 nitrogen and oxygen atoms in total. The molecule has 2 aromatic rings. The van der Waals surface area contributed by atoms with Gasteiger partial charge in [0.1, 0.15) is 0 Å². The molecule has 0 fully saturated rings. The molecule has 0 saturated heterocycles. The van der Waals surface area contributed by atoms with Gasteiger partial charge in [0.15, 0.2) is 6.29 Å². The van der Waals surface area contributed by atoms with E-state index in [-0.39, 0.29) is 0 Å². The van der Waals surface area contributed by atoms with E-state index in [2.05, 4.69) is 18.9 Å². The molecule has 0 saturated carbocycles. The van der Waals surface area contributed by atoms with Crippen molar-refractivity contribution in [2.75, 3.05) is 0 Å². The summed E-state index contributed by atoms with van der Waals surface area (Å²) in [7, 11) is 0. The number of aldehydes is 1. The number of carbonyl (C=O) groups excluding carboxylic acids is 1. The van der Waals surface area contributed by atoms with Gasteiger partial charge in [-0.25, -0.2) is 4.68 Å². The highest BCUT2D eigenvalue weighted by molar-refractivity contribution is 7.12. The minimum Gasteiger partial charge on any atom is -0.297 e. The molecule has 0 bridgehead atoms. The quantitative estimate of drug-likeness (QED) is 0.745. The standard InChI is InChI=1S/C11H12N2OS/c1-8(2)9-4-12-13(5-9)10-3-11(6-14)15-7-10/h3-8H,1-2H3. The molecular weight excluding hydrogens is 208 g/mol. The Hall–Kier alpha value is -1.42. The number of hydrogen-bond acceptors (Lipinski definition) is 3. The number of thiophene rings is 1. The third kappa shape index (κ3) is 1.99. The normalized spacial score (nSPS) is 10.9. The maximum absolute atomic E-state index is 10.5. The van der Waals surface area contributed by atoms with Gasteiger partial charge in [0, 0.05) is 11.6 Å². The molecule has 15 heavy (non-hydrogen) atoms. The zero-order valence-corrected chi connectivity index (χ0v) is 9.49. The average molecular weight is 220 g/mol. The van der Waals surface area contributed by atoms with Crippen LogP contribution in [0.4, 0.5) is 0 Å². The second-order valence-corrected chi connectivity index (χ2v) is 4.64. The molecular formula is C11H12N2OS. The molecule has 0 N–H and O–H groups in total. The third-order valence-corrected chi connectivity index (χ3v) is 3.10. The van der Waals surface area contributed by atoms with Gasteiger partial charge < -0.3 is 0 Å². The maximum Gasteiger partial charge on any atom is 0.160 e. The van der Waals surface area contributed by atoms with E-state index >= 15 is 0 Å². The summed E-state index contributed by atoms with van der Waals surface area (Å²) in [6, 6.07) is 1.84. The number of aromatic nitrogens is 2. The number of rotatable bonds is 3. The SMILES string of the molecule is CC(C)c1cnn(-c2csc(C=O)c2)c1. The van der Waals surface area contributed by atoms with Crippen LogP contribution in [0.15, 0.2) is 23.8 Å². The molecule has 78 valence electrons. The molecule has 4 heteroatoms. The van der Waals surface area contributed by atoms with Gasteiger partial charge in [-0.15, -0.1) is 11.3 Å². The molecule has 0 amide bonds. The predicted molar refractivity (Wildman–Crippen MR) is 60.9 cm³/mol. The minimum absolute atomic E-state index is 0.475. The summed E-state index contributed by atoms with van der Waals surface area (Å²) in [6.07, 6.45) is 4.73. The van der Waals surface area contributed by atoms with Crippen molar-refractivity contribution in [2.24, 2.45) is 0 Å². The lowest BCUT2D eigenvalue weighted by atomic mass is 10.1. The first kappa shape index (κ1) is 10.1. The summed E-state index contributed by atoms with van der Waals surface area (Å²) in [4.78, 5) is 11.3. The van der Waals surface area contributed by atoms with E-state index in [1.165, 1.54) is 16.9 Å². The van der Waals surface area contributed by atoms with Crippen LogP contribution >= 0.6 is 11.3 Å². The first-order chi connectivity index (χ1) is 7.20. The molecule has 0 spiro atoms. The summed E-state index contributed by atoms with van der Waals surface area (Å²) >= 11 is 1.43. The van der Waals surface area contributed by atoms with Crippen molar-refractivity contribution < 1.29 is 4.79 Å². The lowest BCUT2D eigenvalue weighted by Crippen LogP contribution is -1.91. The number of nitrogens with zero attached hydrogens (tertiary/aromatic N) is 2. The monoisotopic (exact) mass is 220 g/mol. The fourth-order valence-corrected chi connectivity index (χ4v) is 1.98. The average Bonchev–Trinajstić information content (AvgIpc) is 2.86. The second kappa shape index (κ2) is 3.98. The zero-order chi connectivity index (χ0) is 10.8. The molecule has 0 radical (unpaired) electrons. The predicted octanol–water partition coefficient (Wildman–Crippen LogP) is 2.87. The Kier molecular flexibility index (Phi) is 2.68. The van der Waals surface area contributed by atoms with Crippen LogP contribution in [0.5, 0.6) is 0 Å². The summed E-state index contributed by atoms with van der Waals surface area (Å²) in [5, 5.41) is 6.19. The van der Waals surface area contributed by atoms with Gasteiger partial charge >= 0.3 is 0 Å². The van der Waals surface area contributed by atoms with Crippen LogP contribution in [-0.4, -0.2) is 16.1 Å². The summed E-state index contributed by atoms with van der Waals surface area (Å²) in [5.41, 5.74) is 2.16. The fourth-order valence-electron chi connectivity index (χ4n) is 1.30. The van der Waals surface area contributed by atoms with Crippen molar-refractivity contribution in [3.05, 3.63) is 34.3 Å². The van der Waals surface area contributed by atoms with E-state index < -0.39 is 0 Å². The molecule has 0 aliphatic rings. The van der Waals surface area contributed by atoms with Crippen molar-refractivity contribution in [2.45, 2.75) is 19.8 Å². The van der Waals surface area contributed by atoms with Gasteiger partial charge in [0.25, 0.3) is 0 Å². The molecule has 0 aliphatic carbocycles. The van der Waals surface area contributed by atoms with E-state index in [1.54, 1.807) is 4.68 Å². The van der Waals surface area contributed by atoms with E-state index in [0.29, 0.717) is 5.92 Å². The Balaban J connectivity index is 2.32. The van der Waals surface area contributed by atoms with Crippen LogP contribution in [0.3, 0.4) is 0 Å².